The standard InChI is InChI=1S/C11H10O2/c1-3-6-11(12)13-10-8-5-4-7-9(10)2/h4-8H,1H2,2H3. The summed E-state index contributed by atoms with van der Waals surface area (Å²) in [6.45, 7) is 5.16. The normalized spacial score (nSPS) is 8.69. The highest BCUT2D eigenvalue weighted by molar-refractivity contribution is 5.83. The van der Waals surface area contributed by atoms with Gasteiger partial charge in [-0.15, -0.1) is 5.73 Å². The van der Waals surface area contributed by atoms with Crippen molar-refractivity contribution in [3.05, 3.63) is 48.2 Å². The lowest BCUT2D eigenvalue weighted by atomic mass is 10.2. The van der Waals surface area contributed by atoms with Gasteiger partial charge in [0.25, 0.3) is 0 Å². The molecule has 0 radical (unpaired) electrons. The lowest BCUT2D eigenvalue weighted by Gasteiger charge is -2.03. The quantitative estimate of drug-likeness (QED) is 0.297. The highest BCUT2D eigenvalue weighted by atomic mass is 16.5. The van der Waals surface area contributed by atoms with Gasteiger partial charge in [0.15, 0.2) is 0 Å². The number of hydrogen-bond donors (Lipinski definition) is 0. The molecule has 1 rings (SSSR count). The summed E-state index contributed by atoms with van der Waals surface area (Å²) in [5.74, 6) is 0.114. The topological polar surface area (TPSA) is 26.3 Å². The van der Waals surface area contributed by atoms with Gasteiger partial charge in [0, 0.05) is 0 Å². The third-order valence-corrected chi connectivity index (χ3v) is 1.52. The second kappa shape index (κ2) is 4.29. The molecule has 0 N–H and O–H groups in total. The first-order valence-electron chi connectivity index (χ1n) is 3.87. The van der Waals surface area contributed by atoms with Crippen LogP contribution in [-0.2, 0) is 4.79 Å². The van der Waals surface area contributed by atoms with Crippen LogP contribution in [0.1, 0.15) is 5.56 Å². The van der Waals surface area contributed by atoms with Gasteiger partial charge in [-0.3, -0.25) is 0 Å². The van der Waals surface area contributed by atoms with E-state index in [4.69, 9.17) is 4.74 Å². The molecule has 0 amide bonds. The minimum absolute atomic E-state index is 0.454. The van der Waals surface area contributed by atoms with Gasteiger partial charge in [-0.05, 0) is 18.6 Å². The molecule has 0 bridgehead atoms. The number of benzene rings is 1. The van der Waals surface area contributed by atoms with Crippen molar-refractivity contribution >= 4 is 5.97 Å². The van der Waals surface area contributed by atoms with Gasteiger partial charge in [-0.1, -0.05) is 24.8 Å². The molecule has 0 spiro atoms. The van der Waals surface area contributed by atoms with E-state index >= 15 is 0 Å². The molecule has 1 aromatic carbocycles. The molecule has 0 atom stereocenters. The van der Waals surface area contributed by atoms with Gasteiger partial charge < -0.3 is 4.74 Å². The predicted molar refractivity (Wildman–Crippen MR) is 50.5 cm³/mol. The molecule has 2 nitrogen and oxygen atoms in total. The van der Waals surface area contributed by atoms with Gasteiger partial charge in [0.1, 0.15) is 5.75 Å². The smallest absolute Gasteiger partial charge is 0.343 e. The Labute approximate surface area is 77.2 Å². The van der Waals surface area contributed by atoms with Crippen LogP contribution in [-0.4, -0.2) is 5.97 Å². The number of carbonyl (C=O) groups is 1. The molecule has 0 unspecified atom stereocenters. The molecular weight excluding hydrogens is 164 g/mol. The van der Waals surface area contributed by atoms with Gasteiger partial charge in [0.05, 0.1) is 6.08 Å². The molecule has 0 aliphatic heterocycles. The summed E-state index contributed by atoms with van der Waals surface area (Å²) in [5, 5.41) is 0. The maximum absolute atomic E-state index is 11.0. The Kier molecular flexibility index (Phi) is 3.07. The summed E-state index contributed by atoms with van der Waals surface area (Å²) in [5.41, 5.74) is 3.28. The summed E-state index contributed by atoms with van der Waals surface area (Å²) in [6.07, 6.45) is 1.16. The van der Waals surface area contributed by atoms with E-state index in [1.165, 1.54) is 0 Å². The zero-order valence-corrected chi connectivity index (χ0v) is 7.41. The van der Waals surface area contributed by atoms with Crippen molar-refractivity contribution in [1.29, 1.82) is 0 Å². The van der Waals surface area contributed by atoms with Gasteiger partial charge in [-0.2, -0.15) is 0 Å². The zero-order valence-electron chi connectivity index (χ0n) is 7.41. The maximum Gasteiger partial charge on any atom is 0.343 e. The van der Waals surface area contributed by atoms with Gasteiger partial charge in [0.2, 0.25) is 0 Å². The highest BCUT2D eigenvalue weighted by Gasteiger charge is 2.01. The second-order valence-electron chi connectivity index (χ2n) is 2.54. The highest BCUT2D eigenvalue weighted by Crippen LogP contribution is 2.16. The number of ether oxygens (including phenoxy) is 1. The molecule has 1 aromatic rings. The van der Waals surface area contributed by atoms with Crippen LogP contribution in [0.3, 0.4) is 0 Å². The van der Waals surface area contributed by atoms with E-state index in [2.05, 4.69) is 12.3 Å². The average molecular weight is 174 g/mol. The van der Waals surface area contributed by atoms with Crippen molar-refractivity contribution < 1.29 is 9.53 Å². The third-order valence-electron chi connectivity index (χ3n) is 1.52. The van der Waals surface area contributed by atoms with Crippen LogP contribution >= 0.6 is 0 Å². The van der Waals surface area contributed by atoms with Crippen LogP contribution in [0.4, 0.5) is 0 Å². The van der Waals surface area contributed by atoms with Crippen LogP contribution in [0.2, 0.25) is 0 Å². The van der Waals surface area contributed by atoms with Crippen LogP contribution < -0.4 is 4.74 Å². The molecule has 0 fully saturated rings. The van der Waals surface area contributed by atoms with E-state index in [0.717, 1.165) is 11.6 Å². The molecule has 0 aliphatic rings. The zero-order chi connectivity index (χ0) is 9.68. The van der Waals surface area contributed by atoms with E-state index in [1.807, 2.05) is 25.1 Å². The third kappa shape index (κ3) is 2.62. The van der Waals surface area contributed by atoms with Crippen molar-refractivity contribution in [1.82, 2.24) is 0 Å². The number of carbonyl (C=O) groups excluding carboxylic acids is 1. The molecular formula is C11H10O2. The van der Waals surface area contributed by atoms with Crippen molar-refractivity contribution in [2.24, 2.45) is 0 Å². The first-order chi connectivity index (χ1) is 6.24. The Morgan fingerprint density at radius 1 is 1.54 bits per heavy atom. The predicted octanol–water partition coefficient (Wildman–Crippen LogP) is 2.24. The lowest BCUT2D eigenvalue weighted by Crippen LogP contribution is -2.04. The van der Waals surface area contributed by atoms with Crippen molar-refractivity contribution in [2.45, 2.75) is 6.92 Å². The van der Waals surface area contributed by atoms with Crippen molar-refractivity contribution in [2.75, 3.05) is 0 Å². The molecule has 2 heteroatoms. The second-order valence-corrected chi connectivity index (χ2v) is 2.54. The van der Waals surface area contributed by atoms with Gasteiger partial charge in [-0.25, -0.2) is 4.79 Å². The van der Waals surface area contributed by atoms with E-state index < -0.39 is 5.97 Å². The number of para-hydroxylation sites is 1. The van der Waals surface area contributed by atoms with Crippen molar-refractivity contribution in [3.8, 4) is 5.75 Å². The summed E-state index contributed by atoms with van der Waals surface area (Å²) in [7, 11) is 0. The Bertz CT molecular complexity index is 360. The molecule has 0 heterocycles. The van der Waals surface area contributed by atoms with E-state index in [-0.39, 0.29) is 0 Å². The van der Waals surface area contributed by atoms with E-state index in [0.29, 0.717) is 5.75 Å². The monoisotopic (exact) mass is 174 g/mol. The average Bonchev–Trinajstić information content (AvgIpc) is 2.09. The fourth-order valence-electron chi connectivity index (χ4n) is 0.892. The molecule has 66 valence electrons. The summed E-state index contributed by atoms with van der Waals surface area (Å²) < 4.78 is 4.99. The Balaban J connectivity index is 2.80. The Morgan fingerprint density at radius 3 is 2.85 bits per heavy atom. The molecule has 0 saturated carbocycles. The maximum atomic E-state index is 11.0. The first kappa shape index (κ1) is 9.30. The molecule has 0 aromatic heterocycles. The number of rotatable bonds is 2. The SMILES string of the molecule is C=C=CC(=O)Oc1ccccc1C. The van der Waals surface area contributed by atoms with Crippen LogP contribution in [0.25, 0.3) is 0 Å². The summed E-state index contributed by atoms with van der Waals surface area (Å²) in [4.78, 5) is 11.0. The minimum atomic E-state index is -0.454. The van der Waals surface area contributed by atoms with E-state index in [9.17, 15) is 4.79 Å². The summed E-state index contributed by atoms with van der Waals surface area (Å²) >= 11 is 0. The molecule has 0 saturated heterocycles. The molecule has 0 aliphatic carbocycles. The fraction of sp³-hybridized carbons (Fsp3) is 0.0909. The fourth-order valence-corrected chi connectivity index (χ4v) is 0.892. The Hall–Kier alpha value is -1.79. The van der Waals surface area contributed by atoms with E-state index in [1.54, 1.807) is 6.07 Å². The largest absolute Gasteiger partial charge is 0.423 e. The lowest BCUT2D eigenvalue weighted by molar-refractivity contribution is -0.129. The van der Waals surface area contributed by atoms with Crippen LogP contribution in [0.15, 0.2) is 42.7 Å². The van der Waals surface area contributed by atoms with Gasteiger partial charge >= 0.3 is 5.97 Å². The number of aryl methyl sites for hydroxylation is 1. The minimum Gasteiger partial charge on any atom is -0.423 e. The van der Waals surface area contributed by atoms with Crippen LogP contribution in [0.5, 0.6) is 5.75 Å². The van der Waals surface area contributed by atoms with Crippen LogP contribution in [0, 0.1) is 6.92 Å². The number of esters is 1. The summed E-state index contributed by atoms with van der Waals surface area (Å²) in [6, 6.07) is 7.31. The van der Waals surface area contributed by atoms with Crippen molar-refractivity contribution in [3.63, 3.8) is 0 Å². The number of hydrogen-bond acceptors (Lipinski definition) is 2. The Morgan fingerprint density at radius 2 is 2.23 bits per heavy atom. The molecule has 13 heavy (non-hydrogen) atoms. The first-order valence-corrected chi connectivity index (χ1v) is 3.87.